The largest absolute Gasteiger partial charge is 0.362 e. The van der Waals surface area contributed by atoms with E-state index in [4.69, 9.17) is 17.3 Å². The summed E-state index contributed by atoms with van der Waals surface area (Å²) in [6, 6.07) is 16.2. The van der Waals surface area contributed by atoms with Crippen LogP contribution >= 0.6 is 11.6 Å². The maximum atomic E-state index is 13.6. The van der Waals surface area contributed by atoms with Gasteiger partial charge in [-0.15, -0.1) is 0 Å². The molecule has 8 nitrogen and oxygen atoms in total. The quantitative estimate of drug-likeness (QED) is 0.474. The zero-order valence-corrected chi connectivity index (χ0v) is 19.3. The van der Waals surface area contributed by atoms with E-state index >= 15 is 0 Å². The highest BCUT2D eigenvalue weighted by Crippen LogP contribution is 2.26. The molecule has 1 aromatic heterocycles. The van der Waals surface area contributed by atoms with Crippen LogP contribution in [0.4, 0.5) is 0 Å². The monoisotopic (exact) mass is 464 g/mol. The van der Waals surface area contributed by atoms with Gasteiger partial charge in [0.15, 0.2) is 5.79 Å². The fraction of sp³-hybridized carbons (Fsp3) is 0.208. The number of nitrogens with one attached hydrogen (secondary N) is 3. The second-order valence-corrected chi connectivity index (χ2v) is 8.41. The molecule has 0 spiro atoms. The first-order valence-corrected chi connectivity index (χ1v) is 10.8. The van der Waals surface area contributed by atoms with Gasteiger partial charge in [0.2, 0.25) is 0 Å². The first kappa shape index (κ1) is 22.6. The number of pyridine rings is 1. The number of carbonyl (C=O) groups is 1. The number of benzene rings is 2. The third-order valence-electron chi connectivity index (χ3n) is 5.42. The second kappa shape index (κ2) is 8.73. The topological polar surface area (TPSA) is 114 Å². The predicted octanol–water partition coefficient (Wildman–Crippen LogP) is 2.56. The minimum absolute atomic E-state index is 0.231. The zero-order chi connectivity index (χ0) is 23.8. The molecule has 2 atom stereocenters. The summed E-state index contributed by atoms with van der Waals surface area (Å²) in [5, 5.41) is 10.3. The maximum Gasteiger partial charge on any atom is 0.264 e. The molecule has 170 valence electrons. The number of nitrogens with two attached hydrogens (primary N) is 1. The Morgan fingerprint density at radius 1 is 1.21 bits per heavy atom. The number of amidine groups is 1. The number of hydrogen-bond donors (Lipinski definition) is 4. The van der Waals surface area contributed by atoms with Crippen molar-refractivity contribution in [3.63, 3.8) is 0 Å². The van der Waals surface area contributed by atoms with Gasteiger partial charge in [-0.25, -0.2) is 4.99 Å². The molecule has 1 aliphatic heterocycles. The van der Waals surface area contributed by atoms with Crippen molar-refractivity contribution in [2.24, 2.45) is 10.7 Å². The fourth-order valence-electron chi connectivity index (χ4n) is 3.81. The maximum absolute atomic E-state index is 13.6. The number of hydrogen-bond acceptors (Lipinski definition) is 6. The summed E-state index contributed by atoms with van der Waals surface area (Å²) in [5.74, 6) is -1.08. The first-order chi connectivity index (χ1) is 15.7. The van der Waals surface area contributed by atoms with Gasteiger partial charge in [-0.2, -0.15) is 0 Å². The Labute approximate surface area is 196 Å². The minimum Gasteiger partial charge on any atom is -0.362 e. The van der Waals surface area contributed by atoms with Gasteiger partial charge >= 0.3 is 0 Å². The van der Waals surface area contributed by atoms with Crippen LogP contribution in [0.1, 0.15) is 25.6 Å². The van der Waals surface area contributed by atoms with Crippen molar-refractivity contribution in [1.29, 1.82) is 0 Å². The standard InChI is InChI=1S/C24H25ClN6O2/c1-14(29-21-17(22(32)27-3)13-28-24(2,26)30-21)19-12-15-8-7-11-18(25)20(15)23(33)31(19)16-9-5-4-6-10-16/h4-14,28H,26H2,1-3H3,(H,27,32)(H,29,30)/t14-,24?/m0/s1. The van der Waals surface area contributed by atoms with Crippen LogP contribution in [0, 0.1) is 0 Å². The molecule has 0 saturated carbocycles. The molecule has 4 rings (SSSR count). The third kappa shape index (κ3) is 4.35. The van der Waals surface area contributed by atoms with Gasteiger partial charge < -0.3 is 16.0 Å². The molecule has 0 fully saturated rings. The molecule has 2 heterocycles. The normalized spacial score (nSPS) is 18.7. The van der Waals surface area contributed by atoms with Crippen LogP contribution < -0.4 is 27.2 Å². The number of likely N-dealkylation sites (N-methyl/N-ethyl adjacent to an activating group) is 1. The molecule has 0 aliphatic carbocycles. The Morgan fingerprint density at radius 2 is 1.94 bits per heavy atom. The zero-order valence-electron chi connectivity index (χ0n) is 18.5. The van der Waals surface area contributed by atoms with Crippen LogP contribution in [-0.4, -0.2) is 29.1 Å². The lowest BCUT2D eigenvalue weighted by Gasteiger charge is -2.30. The second-order valence-electron chi connectivity index (χ2n) is 8.00. The Kier molecular flexibility index (Phi) is 5.97. The van der Waals surface area contributed by atoms with Crippen LogP contribution in [-0.2, 0) is 4.79 Å². The van der Waals surface area contributed by atoms with Gasteiger partial charge in [-0.05, 0) is 43.5 Å². The summed E-state index contributed by atoms with van der Waals surface area (Å²) in [4.78, 5) is 30.5. The highest BCUT2D eigenvalue weighted by molar-refractivity contribution is 6.35. The molecule has 1 amide bonds. The van der Waals surface area contributed by atoms with Crippen molar-refractivity contribution < 1.29 is 4.79 Å². The number of para-hydroxylation sites is 1. The molecular formula is C24H25ClN6O2. The smallest absolute Gasteiger partial charge is 0.264 e. The van der Waals surface area contributed by atoms with E-state index in [0.717, 1.165) is 5.39 Å². The van der Waals surface area contributed by atoms with Gasteiger partial charge in [0.1, 0.15) is 5.84 Å². The number of nitrogens with zero attached hydrogens (tertiary/aromatic N) is 2. The first-order valence-electron chi connectivity index (χ1n) is 10.5. The van der Waals surface area contributed by atoms with E-state index in [9.17, 15) is 9.59 Å². The van der Waals surface area contributed by atoms with Crippen molar-refractivity contribution >= 4 is 34.1 Å². The molecule has 1 aliphatic rings. The van der Waals surface area contributed by atoms with E-state index in [0.29, 0.717) is 33.2 Å². The highest BCUT2D eigenvalue weighted by Gasteiger charge is 2.28. The Balaban J connectivity index is 1.87. The molecule has 0 bridgehead atoms. The molecule has 0 radical (unpaired) electrons. The van der Waals surface area contributed by atoms with Gasteiger partial charge in [0.05, 0.1) is 22.0 Å². The highest BCUT2D eigenvalue weighted by atomic mass is 35.5. The Hall–Kier alpha value is -3.62. The molecule has 2 aromatic carbocycles. The summed E-state index contributed by atoms with van der Waals surface area (Å²) < 4.78 is 1.62. The van der Waals surface area contributed by atoms with Gasteiger partial charge in [0.25, 0.3) is 11.5 Å². The van der Waals surface area contributed by atoms with Crippen LogP contribution in [0.2, 0.25) is 5.02 Å². The molecular weight excluding hydrogens is 440 g/mol. The van der Waals surface area contributed by atoms with Crippen molar-refractivity contribution in [2.75, 3.05) is 7.05 Å². The summed E-state index contributed by atoms with van der Waals surface area (Å²) in [6.07, 6.45) is 1.53. The average Bonchev–Trinajstić information content (AvgIpc) is 2.78. The van der Waals surface area contributed by atoms with Crippen molar-refractivity contribution in [3.05, 3.63) is 87.4 Å². The molecule has 33 heavy (non-hydrogen) atoms. The van der Waals surface area contributed by atoms with Crippen LogP contribution in [0.3, 0.4) is 0 Å². The number of rotatable bonds is 4. The van der Waals surface area contributed by atoms with Crippen molar-refractivity contribution in [3.8, 4) is 5.69 Å². The lowest BCUT2D eigenvalue weighted by molar-refractivity contribution is -0.116. The molecule has 5 N–H and O–H groups in total. The predicted molar refractivity (Wildman–Crippen MR) is 131 cm³/mol. The molecule has 1 unspecified atom stereocenters. The number of amides is 1. The van der Waals surface area contributed by atoms with Crippen LogP contribution in [0.5, 0.6) is 0 Å². The summed E-state index contributed by atoms with van der Waals surface area (Å²) in [7, 11) is 1.54. The summed E-state index contributed by atoms with van der Waals surface area (Å²) >= 11 is 6.39. The number of aromatic nitrogens is 1. The van der Waals surface area contributed by atoms with Gasteiger partial charge in [0, 0.05) is 24.6 Å². The number of aliphatic imine (C=N–C) groups is 1. The van der Waals surface area contributed by atoms with E-state index in [-0.39, 0.29) is 11.5 Å². The average molecular weight is 465 g/mol. The van der Waals surface area contributed by atoms with Crippen LogP contribution in [0.15, 0.2) is 76.2 Å². The lowest BCUT2D eigenvalue weighted by Crippen LogP contribution is -2.53. The SMILES string of the molecule is CNC(=O)C1=CNC(C)(N)N=C1N[C@@H](C)c1cc2cccc(Cl)c2c(=O)n1-c1ccccc1. The summed E-state index contributed by atoms with van der Waals surface area (Å²) in [6.45, 7) is 3.58. The number of fused-ring (bicyclic) bond motifs is 1. The molecule has 9 heteroatoms. The van der Waals surface area contributed by atoms with E-state index in [1.54, 1.807) is 24.6 Å². The number of carbonyl (C=O) groups excluding carboxylic acids is 1. The van der Waals surface area contributed by atoms with Crippen LogP contribution in [0.25, 0.3) is 16.5 Å². The summed E-state index contributed by atoms with van der Waals surface area (Å²) in [5.41, 5.74) is 7.59. The Bertz CT molecular complexity index is 1340. The van der Waals surface area contributed by atoms with Gasteiger partial charge in [-0.1, -0.05) is 41.9 Å². The molecule has 0 saturated heterocycles. The van der Waals surface area contributed by atoms with E-state index in [1.165, 1.54) is 6.20 Å². The van der Waals surface area contributed by atoms with Crippen molar-refractivity contribution in [2.45, 2.75) is 25.7 Å². The Morgan fingerprint density at radius 3 is 2.64 bits per heavy atom. The third-order valence-corrected chi connectivity index (χ3v) is 5.73. The minimum atomic E-state index is -1.09. The van der Waals surface area contributed by atoms with E-state index in [1.807, 2.05) is 55.5 Å². The van der Waals surface area contributed by atoms with E-state index in [2.05, 4.69) is 20.9 Å². The fourth-order valence-corrected chi connectivity index (χ4v) is 4.07. The van der Waals surface area contributed by atoms with Gasteiger partial charge in [-0.3, -0.25) is 19.9 Å². The van der Waals surface area contributed by atoms with E-state index < -0.39 is 11.8 Å². The molecule has 3 aromatic rings. The number of halogens is 1. The van der Waals surface area contributed by atoms with Crippen molar-refractivity contribution in [1.82, 2.24) is 20.5 Å². The lowest BCUT2D eigenvalue weighted by atomic mass is 10.1.